The largest absolute Gasteiger partial charge is 0.494 e. The van der Waals surface area contributed by atoms with Gasteiger partial charge >= 0.3 is 0 Å². The van der Waals surface area contributed by atoms with Crippen molar-refractivity contribution in [3.63, 3.8) is 0 Å². The van der Waals surface area contributed by atoms with Gasteiger partial charge in [-0.2, -0.15) is 0 Å². The van der Waals surface area contributed by atoms with Crippen molar-refractivity contribution >= 4 is 11.6 Å². The molecule has 0 radical (unpaired) electrons. The zero-order valence-electron chi connectivity index (χ0n) is 8.63. The molecule has 0 aromatic heterocycles. The van der Waals surface area contributed by atoms with E-state index in [-0.39, 0.29) is 0 Å². The molecule has 0 atom stereocenters. The van der Waals surface area contributed by atoms with Crippen LogP contribution in [0.1, 0.15) is 24.8 Å². The quantitative estimate of drug-likeness (QED) is 0.515. The van der Waals surface area contributed by atoms with Crippen LogP contribution >= 0.6 is 11.6 Å². The molecule has 0 spiro atoms. The summed E-state index contributed by atoms with van der Waals surface area (Å²) in [4.78, 5) is 0. The van der Waals surface area contributed by atoms with Crippen LogP contribution in [0.5, 0.6) is 5.75 Å². The van der Waals surface area contributed by atoms with Gasteiger partial charge in [-0.05, 0) is 38.3 Å². The summed E-state index contributed by atoms with van der Waals surface area (Å²) in [6.07, 6.45) is 3.31. The fraction of sp³-hybridized carbons (Fsp3) is 0.500. The van der Waals surface area contributed by atoms with Gasteiger partial charge in [-0.3, -0.25) is 0 Å². The summed E-state index contributed by atoms with van der Waals surface area (Å²) in [6.45, 7) is 2.87. The fourth-order valence-electron chi connectivity index (χ4n) is 1.20. The van der Waals surface area contributed by atoms with Crippen LogP contribution in [-0.2, 0) is 0 Å². The molecule has 0 aliphatic heterocycles. The van der Waals surface area contributed by atoms with Gasteiger partial charge in [-0.25, -0.2) is 0 Å². The summed E-state index contributed by atoms with van der Waals surface area (Å²) in [7, 11) is 0. The van der Waals surface area contributed by atoms with Gasteiger partial charge in [0.15, 0.2) is 0 Å². The number of unbranched alkanes of at least 4 members (excludes halogenated alkanes) is 2. The Morgan fingerprint density at radius 1 is 1.07 bits per heavy atom. The molecular weight excluding hydrogens is 196 g/mol. The highest BCUT2D eigenvalue weighted by Gasteiger charge is 1.92. The summed E-state index contributed by atoms with van der Waals surface area (Å²) < 4.78 is 5.56. The van der Waals surface area contributed by atoms with Crippen molar-refractivity contribution in [3.05, 3.63) is 29.8 Å². The van der Waals surface area contributed by atoms with E-state index in [4.69, 9.17) is 16.3 Å². The smallest absolute Gasteiger partial charge is 0.119 e. The van der Waals surface area contributed by atoms with Crippen molar-refractivity contribution in [2.45, 2.75) is 26.2 Å². The predicted molar refractivity (Wildman–Crippen MR) is 61.2 cm³/mol. The zero-order chi connectivity index (χ0) is 10.2. The molecule has 2 heteroatoms. The van der Waals surface area contributed by atoms with Crippen LogP contribution in [0.4, 0.5) is 0 Å². The standard InChI is InChI=1S/C12H17ClO/c1-11-5-7-12(8-6-11)14-10-4-2-3-9-13/h5-8H,2-4,9-10H2,1H3. The van der Waals surface area contributed by atoms with Gasteiger partial charge in [-0.15, -0.1) is 11.6 Å². The molecule has 0 heterocycles. The van der Waals surface area contributed by atoms with E-state index in [1.165, 1.54) is 5.56 Å². The molecule has 1 aromatic carbocycles. The minimum absolute atomic E-state index is 0.754. The van der Waals surface area contributed by atoms with Crippen molar-refractivity contribution in [1.29, 1.82) is 0 Å². The first-order valence-corrected chi connectivity index (χ1v) is 5.62. The molecule has 0 fully saturated rings. The number of hydrogen-bond acceptors (Lipinski definition) is 1. The minimum atomic E-state index is 0.754. The predicted octanol–water partition coefficient (Wildman–Crippen LogP) is 3.78. The first-order chi connectivity index (χ1) is 6.83. The second-order valence-corrected chi connectivity index (χ2v) is 3.79. The second kappa shape index (κ2) is 6.72. The van der Waals surface area contributed by atoms with E-state index in [0.717, 1.165) is 37.5 Å². The van der Waals surface area contributed by atoms with Crippen molar-refractivity contribution in [1.82, 2.24) is 0 Å². The van der Waals surface area contributed by atoms with Crippen LogP contribution in [-0.4, -0.2) is 12.5 Å². The van der Waals surface area contributed by atoms with Crippen LogP contribution in [0.15, 0.2) is 24.3 Å². The average molecular weight is 213 g/mol. The normalized spacial score (nSPS) is 10.1. The highest BCUT2D eigenvalue weighted by molar-refractivity contribution is 6.17. The highest BCUT2D eigenvalue weighted by Crippen LogP contribution is 2.11. The minimum Gasteiger partial charge on any atom is -0.494 e. The topological polar surface area (TPSA) is 9.23 Å². The van der Waals surface area contributed by atoms with Crippen LogP contribution < -0.4 is 4.74 Å². The Hall–Kier alpha value is -0.690. The lowest BCUT2D eigenvalue weighted by Crippen LogP contribution is -1.97. The van der Waals surface area contributed by atoms with Gasteiger partial charge in [0.1, 0.15) is 5.75 Å². The summed E-state index contributed by atoms with van der Waals surface area (Å²) in [5, 5.41) is 0. The summed E-state index contributed by atoms with van der Waals surface area (Å²) in [6, 6.07) is 8.15. The van der Waals surface area contributed by atoms with E-state index in [1.54, 1.807) is 0 Å². The maximum atomic E-state index is 5.57. The molecule has 0 unspecified atom stereocenters. The van der Waals surface area contributed by atoms with Crippen molar-refractivity contribution in [2.75, 3.05) is 12.5 Å². The Bertz CT molecular complexity index is 243. The Morgan fingerprint density at radius 3 is 2.43 bits per heavy atom. The van der Waals surface area contributed by atoms with Gasteiger partial charge < -0.3 is 4.74 Å². The number of benzene rings is 1. The van der Waals surface area contributed by atoms with E-state index in [0.29, 0.717) is 0 Å². The lowest BCUT2D eigenvalue weighted by atomic mass is 10.2. The third-order valence-electron chi connectivity index (χ3n) is 2.07. The summed E-state index contributed by atoms with van der Waals surface area (Å²) in [5.41, 5.74) is 1.26. The van der Waals surface area contributed by atoms with Crippen molar-refractivity contribution in [2.24, 2.45) is 0 Å². The van der Waals surface area contributed by atoms with Gasteiger partial charge in [0.05, 0.1) is 6.61 Å². The number of alkyl halides is 1. The lowest BCUT2D eigenvalue weighted by Gasteiger charge is -2.05. The van der Waals surface area contributed by atoms with Crippen molar-refractivity contribution in [3.8, 4) is 5.75 Å². The molecule has 0 aliphatic rings. The van der Waals surface area contributed by atoms with E-state index >= 15 is 0 Å². The van der Waals surface area contributed by atoms with Crippen molar-refractivity contribution < 1.29 is 4.74 Å². The number of aryl methyl sites for hydroxylation is 1. The molecule has 0 bridgehead atoms. The maximum absolute atomic E-state index is 5.57. The van der Waals surface area contributed by atoms with Gasteiger partial charge in [0, 0.05) is 5.88 Å². The Labute approximate surface area is 91.0 Å². The SMILES string of the molecule is Cc1ccc(OCCCCCCl)cc1. The monoisotopic (exact) mass is 212 g/mol. The van der Waals surface area contributed by atoms with Gasteiger partial charge in [0.2, 0.25) is 0 Å². The first kappa shape index (κ1) is 11.4. The number of rotatable bonds is 6. The number of ether oxygens (including phenoxy) is 1. The van der Waals surface area contributed by atoms with E-state index in [2.05, 4.69) is 19.1 Å². The highest BCUT2D eigenvalue weighted by atomic mass is 35.5. The molecular formula is C12H17ClO. The molecule has 0 saturated carbocycles. The molecule has 0 amide bonds. The van der Waals surface area contributed by atoms with E-state index in [9.17, 15) is 0 Å². The van der Waals surface area contributed by atoms with Crippen LogP contribution in [0.2, 0.25) is 0 Å². The van der Waals surface area contributed by atoms with Crippen LogP contribution in [0.3, 0.4) is 0 Å². The molecule has 1 rings (SSSR count). The van der Waals surface area contributed by atoms with Crippen LogP contribution in [0, 0.1) is 6.92 Å². The maximum Gasteiger partial charge on any atom is 0.119 e. The lowest BCUT2D eigenvalue weighted by molar-refractivity contribution is 0.306. The zero-order valence-corrected chi connectivity index (χ0v) is 9.39. The number of hydrogen-bond donors (Lipinski definition) is 0. The Morgan fingerprint density at radius 2 is 1.79 bits per heavy atom. The number of halogens is 1. The average Bonchev–Trinajstić information content (AvgIpc) is 2.21. The fourth-order valence-corrected chi connectivity index (χ4v) is 1.39. The molecule has 1 aromatic rings. The van der Waals surface area contributed by atoms with E-state index in [1.807, 2.05) is 12.1 Å². The van der Waals surface area contributed by atoms with Gasteiger partial charge in [-0.1, -0.05) is 17.7 Å². The molecule has 78 valence electrons. The third kappa shape index (κ3) is 4.52. The Balaban J connectivity index is 2.15. The van der Waals surface area contributed by atoms with Crippen LogP contribution in [0.25, 0.3) is 0 Å². The summed E-state index contributed by atoms with van der Waals surface area (Å²) >= 11 is 5.57. The first-order valence-electron chi connectivity index (χ1n) is 5.08. The van der Waals surface area contributed by atoms with Gasteiger partial charge in [0.25, 0.3) is 0 Å². The van der Waals surface area contributed by atoms with E-state index < -0.39 is 0 Å². The molecule has 14 heavy (non-hydrogen) atoms. The molecule has 0 aliphatic carbocycles. The molecule has 0 saturated heterocycles. The third-order valence-corrected chi connectivity index (χ3v) is 2.33. The molecule has 1 nitrogen and oxygen atoms in total. The summed E-state index contributed by atoms with van der Waals surface area (Å²) in [5.74, 6) is 1.71. The second-order valence-electron chi connectivity index (χ2n) is 3.41. The Kier molecular flexibility index (Phi) is 5.46. The molecule has 0 N–H and O–H groups in total.